The van der Waals surface area contributed by atoms with E-state index in [4.69, 9.17) is 5.26 Å². The second-order valence-corrected chi connectivity index (χ2v) is 7.37. The van der Waals surface area contributed by atoms with Crippen molar-refractivity contribution in [2.45, 2.75) is 4.90 Å². The Kier molecular flexibility index (Phi) is 3.51. The topological polar surface area (TPSA) is 61.2 Å². The Morgan fingerprint density at radius 2 is 1.95 bits per heavy atom. The zero-order valence-corrected chi connectivity index (χ0v) is 13.4. The second-order valence-electron chi connectivity index (χ2n) is 4.57. The number of hydrogen-bond donors (Lipinski definition) is 0. The van der Waals surface area contributed by atoms with Crippen LogP contribution in [0.25, 0.3) is 0 Å². The monoisotopic (exact) mass is 378 g/mol. The van der Waals surface area contributed by atoms with Gasteiger partial charge in [-0.25, -0.2) is 12.8 Å². The average molecular weight is 379 g/mol. The van der Waals surface area contributed by atoms with E-state index in [0.717, 1.165) is 16.6 Å². The van der Waals surface area contributed by atoms with Crippen LogP contribution in [-0.2, 0) is 9.84 Å². The lowest BCUT2D eigenvalue weighted by molar-refractivity contribution is 0.600. The van der Waals surface area contributed by atoms with E-state index in [1.807, 2.05) is 6.07 Å². The van der Waals surface area contributed by atoms with E-state index in [0.29, 0.717) is 5.69 Å². The SMILES string of the molecule is N#CC1=CN(c2cccc(Br)c2)c2cc(F)ccc2S1(=O)=O. The molecule has 0 amide bonds. The van der Waals surface area contributed by atoms with Gasteiger partial charge in [0.1, 0.15) is 11.9 Å². The molecule has 0 atom stereocenters. The number of fused-ring (bicyclic) bond motifs is 1. The van der Waals surface area contributed by atoms with Gasteiger partial charge in [-0.1, -0.05) is 22.0 Å². The van der Waals surface area contributed by atoms with Crippen LogP contribution in [0.4, 0.5) is 15.8 Å². The van der Waals surface area contributed by atoms with Gasteiger partial charge < -0.3 is 4.90 Å². The first kappa shape index (κ1) is 14.8. The summed E-state index contributed by atoms with van der Waals surface area (Å²) in [6, 6.07) is 12.1. The van der Waals surface area contributed by atoms with Crippen LogP contribution in [0.15, 0.2) is 62.9 Å². The molecule has 1 aliphatic heterocycles. The number of sulfone groups is 1. The number of rotatable bonds is 1. The van der Waals surface area contributed by atoms with Crippen molar-refractivity contribution in [1.82, 2.24) is 0 Å². The highest BCUT2D eigenvalue weighted by Crippen LogP contribution is 2.40. The van der Waals surface area contributed by atoms with E-state index in [1.165, 1.54) is 17.2 Å². The summed E-state index contributed by atoms with van der Waals surface area (Å²) in [4.78, 5) is 1.02. The molecule has 0 fully saturated rings. The molecule has 1 heterocycles. The summed E-state index contributed by atoms with van der Waals surface area (Å²) in [7, 11) is -3.92. The van der Waals surface area contributed by atoms with Gasteiger partial charge in [0.2, 0.25) is 9.84 Å². The first-order chi connectivity index (χ1) is 10.4. The maximum absolute atomic E-state index is 13.6. The Bertz CT molecular complexity index is 948. The fourth-order valence-electron chi connectivity index (χ4n) is 2.21. The molecule has 0 radical (unpaired) electrons. The maximum atomic E-state index is 13.6. The van der Waals surface area contributed by atoms with E-state index in [9.17, 15) is 12.8 Å². The van der Waals surface area contributed by atoms with Gasteiger partial charge in [-0.05, 0) is 36.4 Å². The van der Waals surface area contributed by atoms with Crippen LogP contribution in [0.1, 0.15) is 0 Å². The quantitative estimate of drug-likeness (QED) is 0.706. The van der Waals surface area contributed by atoms with Crippen molar-refractivity contribution in [3.05, 3.63) is 63.9 Å². The van der Waals surface area contributed by atoms with Gasteiger partial charge in [0.25, 0.3) is 0 Å². The smallest absolute Gasteiger partial charge is 0.220 e. The van der Waals surface area contributed by atoms with E-state index >= 15 is 0 Å². The Labute approximate surface area is 135 Å². The average Bonchev–Trinajstić information content (AvgIpc) is 2.47. The van der Waals surface area contributed by atoms with Crippen molar-refractivity contribution in [2.24, 2.45) is 0 Å². The molecule has 0 aromatic heterocycles. The summed E-state index contributed by atoms with van der Waals surface area (Å²) in [5.41, 5.74) is 0.793. The van der Waals surface area contributed by atoms with E-state index in [-0.39, 0.29) is 15.5 Å². The third-order valence-electron chi connectivity index (χ3n) is 3.20. The van der Waals surface area contributed by atoms with E-state index < -0.39 is 15.7 Å². The van der Waals surface area contributed by atoms with Crippen LogP contribution >= 0.6 is 15.9 Å². The lowest BCUT2D eigenvalue weighted by Gasteiger charge is -2.27. The predicted octanol–water partition coefficient (Wildman–Crippen LogP) is 3.88. The first-order valence-electron chi connectivity index (χ1n) is 6.15. The molecule has 2 aromatic carbocycles. The van der Waals surface area contributed by atoms with E-state index in [1.54, 1.807) is 24.3 Å². The largest absolute Gasteiger partial charge is 0.314 e. The van der Waals surface area contributed by atoms with Crippen molar-refractivity contribution in [1.29, 1.82) is 5.26 Å². The molecule has 7 heteroatoms. The van der Waals surface area contributed by atoms with Gasteiger partial charge in [-0.15, -0.1) is 0 Å². The summed E-state index contributed by atoms with van der Waals surface area (Å²) in [6.45, 7) is 0. The van der Waals surface area contributed by atoms with Crippen LogP contribution < -0.4 is 4.90 Å². The minimum atomic E-state index is -3.92. The molecular weight excluding hydrogens is 371 g/mol. The molecule has 0 spiro atoms. The van der Waals surface area contributed by atoms with Gasteiger partial charge in [0.15, 0.2) is 4.91 Å². The maximum Gasteiger partial charge on any atom is 0.220 e. The number of allylic oxidation sites excluding steroid dienone is 1. The van der Waals surface area contributed by atoms with Gasteiger partial charge in [0.05, 0.1) is 10.6 Å². The fraction of sp³-hybridized carbons (Fsp3) is 0. The minimum Gasteiger partial charge on any atom is -0.314 e. The number of hydrogen-bond acceptors (Lipinski definition) is 4. The van der Waals surface area contributed by atoms with Crippen molar-refractivity contribution in [3.8, 4) is 6.07 Å². The number of benzene rings is 2. The Hall–Kier alpha value is -2.17. The van der Waals surface area contributed by atoms with Crippen LogP contribution in [0, 0.1) is 17.1 Å². The van der Waals surface area contributed by atoms with Crippen LogP contribution in [-0.4, -0.2) is 8.42 Å². The third kappa shape index (κ3) is 2.30. The minimum absolute atomic E-state index is 0.0899. The van der Waals surface area contributed by atoms with Crippen LogP contribution in [0.2, 0.25) is 0 Å². The lowest BCUT2D eigenvalue weighted by Crippen LogP contribution is -2.21. The molecule has 22 heavy (non-hydrogen) atoms. The number of nitriles is 1. The van der Waals surface area contributed by atoms with Gasteiger partial charge in [-0.2, -0.15) is 5.26 Å². The molecule has 1 aliphatic rings. The highest BCUT2D eigenvalue weighted by atomic mass is 79.9. The van der Waals surface area contributed by atoms with Crippen LogP contribution in [0.5, 0.6) is 0 Å². The molecule has 0 N–H and O–H groups in total. The Morgan fingerprint density at radius 3 is 2.64 bits per heavy atom. The number of nitrogens with zero attached hydrogens (tertiary/aromatic N) is 2. The lowest BCUT2D eigenvalue weighted by atomic mass is 10.2. The molecule has 0 bridgehead atoms. The molecule has 4 nitrogen and oxygen atoms in total. The summed E-state index contributed by atoms with van der Waals surface area (Å²) in [5.74, 6) is -0.553. The van der Waals surface area contributed by atoms with Crippen molar-refractivity contribution in [3.63, 3.8) is 0 Å². The molecule has 0 saturated carbocycles. The highest BCUT2D eigenvalue weighted by molar-refractivity contribution is 9.10. The molecule has 2 aromatic rings. The zero-order valence-electron chi connectivity index (χ0n) is 11.0. The van der Waals surface area contributed by atoms with Crippen molar-refractivity contribution >= 4 is 37.1 Å². The van der Waals surface area contributed by atoms with Crippen molar-refractivity contribution in [2.75, 3.05) is 4.90 Å². The predicted molar refractivity (Wildman–Crippen MR) is 83.6 cm³/mol. The molecule has 0 saturated heterocycles. The zero-order chi connectivity index (χ0) is 15.9. The van der Waals surface area contributed by atoms with E-state index in [2.05, 4.69) is 15.9 Å². The van der Waals surface area contributed by atoms with Crippen molar-refractivity contribution < 1.29 is 12.8 Å². The molecule has 3 rings (SSSR count). The van der Waals surface area contributed by atoms with Gasteiger partial charge in [-0.3, -0.25) is 0 Å². The summed E-state index contributed by atoms with van der Waals surface area (Å²) in [6.07, 6.45) is 1.21. The molecule has 0 aliphatic carbocycles. The summed E-state index contributed by atoms with van der Waals surface area (Å²) >= 11 is 3.33. The van der Waals surface area contributed by atoms with Crippen LogP contribution in [0.3, 0.4) is 0 Å². The molecule has 110 valence electrons. The normalized spacial score (nSPS) is 15.7. The molecular formula is C15H8BrFN2O2S. The first-order valence-corrected chi connectivity index (χ1v) is 8.42. The van der Waals surface area contributed by atoms with Gasteiger partial charge in [0, 0.05) is 16.4 Å². The summed E-state index contributed by atoms with van der Waals surface area (Å²) < 4.78 is 39.0. The second kappa shape index (κ2) is 5.23. The Balaban J connectivity index is 2.32. The standard InChI is InChI=1S/C15H8BrFN2O2S/c16-10-2-1-3-12(6-10)19-9-13(8-18)22(20,21)15-5-4-11(17)7-14(15)19/h1-7,9H. The highest BCUT2D eigenvalue weighted by Gasteiger charge is 2.32. The third-order valence-corrected chi connectivity index (χ3v) is 5.40. The summed E-state index contributed by atoms with van der Waals surface area (Å²) in [5, 5.41) is 9.12. The number of anilines is 2. The fourth-order valence-corrected chi connectivity index (χ4v) is 3.88. The Morgan fingerprint density at radius 1 is 1.18 bits per heavy atom. The van der Waals surface area contributed by atoms with Gasteiger partial charge >= 0.3 is 0 Å². The molecule has 0 unspecified atom stereocenters. The number of halogens is 2.